The van der Waals surface area contributed by atoms with Crippen LogP contribution in [0.2, 0.25) is 0 Å². The Hall–Kier alpha value is -2.65. The van der Waals surface area contributed by atoms with Crippen molar-refractivity contribution >= 4 is 43.2 Å². The Kier molecular flexibility index (Phi) is 5.85. The summed E-state index contributed by atoms with van der Waals surface area (Å²) in [5.41, 5.74) is 1.16. The van der Waals surface area contributed by atoms with E-state index >= 15 is 0 Å². The molecular weight excluding hydrogens is 398 g/mol. The molecule has 0 spiro atoms. The molecule has 0 atom stereocenters. The summed E-state index contributed by atoms with van der Waals surface area (Å²) in [4.78, 5) is 24.2. The van der Waals surface area contributed by atoms with E-state index in [-0.39, 0.29) is 26.9 Å². The molecule has 2 aromatic carbocycles. The summed E-state index contributed by atoms with van der Waals surface area (Å²) < 4.78 is 30.4. The van der Waals surface area contributed by atoms with E-state index < -0.39 is 10.0 Å². The lowest BCUT2D eigenvalue weighted by molar-refractivity contribution is 0.0954. The maximum atomic E-state index is 12.9. The van der Waals surface area contributed by atoms with Crippen LogP contribution in [-0.4, -0.2) is 25.4 Å². The molecule has 1 amide bonds. The summed E-state index contributed by atoms with van der Waals surface area (Å²) in [5.74, 6) is -0.339. The van der Waals surface area contributed by atoms with Crippen molar-refractivity contribution in [3.63, 3.8) is 0 Å². The fraction of sp³-hybridized carbons (Fsp3) is 0.263. The number of carbonyl (C=O) groups is 1. The topological polar surface area (TPSA) is 97.3 Å². The third-order valence-corrected chi connectivity index (χ3v) is 6.52. The maximum Gasteiger partial charge on any atom is 0.308 e. The standard InChI is InChI=1S/C19H21N3O4S2/c1-3-11-20-18(23)14-7-5-6-8-15(14)21-28(25,26)13-9-10-16-17(12-13)27-19(24)22(16)4-2/h5-10,12,21H,3-4,11H2,1-2H3,(H,20,23). The van der Waals surface area contributed by atoms with Gasteiger partial charge in [0.15, 0.2) is 0 Å². The number of benzene rings is 2. The molecule has 3 aromatic rings. The molecule has 0 aliphatic heterocycles. The summed E-state index contributed by atoms with van der Waals surface area (Å²) >= 11 is 1.01. The van der Waals surface area contributed by atoms with E-state index in [1.165, 1.54) is 12.1 Å². The van der Waals surface area contributed by atoms with E-state index in [1.807, 2.05) is 13.8 Å². The minimum absolute atomic E-state index is 0.0354. The second-order valence-corrected chi connectivity index (χ2v) is 8.82. The van der Waals surface area contributed by atoms with Crippen molar-refractivity contribution in [2.45, 2.75) is 31.7 Å². The Morgan fingerprint density at radius 3 is 2.61 bits per heavy atom. The Morgan fingerprint density at radius 1 is 1.14 bits per heavy atom. The molecule has 3 rings (SSSR count). The van der Waals surface area contributed by atoms with Crippen molar-refractivity contribution in [2.24, 2.45) is 0 Å². The van der Waals surface area contributed by atoms with Crippen molar-refractivity contribution in [1.29, 1.82) is 0 Å². The lowest BCUT2D eigenvalue weighted by Crippen LogP contribution is -2.25. The van der Waals surface area contributed by atoms with Crippen LogP contribution in [-0.2, 0) is 16.6 Å². The van der Waals surface area contributed by atoms with E-state index in [4.69, 9.17) is 0 Å². The number of nitrogens with zero attached hydrogens (tertiary/aromatic N) is 1. The highest BCUT2D eigenvalue weighted by molar-refractivity contribution is 7.92. The van der Waals surface area contributed by atoms with Gasteiger partial charge in [-0.3, -0.25) is 18.9 Å². The van der Waals surface area contributed by atoms with Crippen LogP contribution >= 0.6 is 11.3 Å². The van der Waals surface area contributed by atoms with Crippen LogP contribution in [0.4, 0.5) is 5.69 Å². The van der Waals surface area contributed by atoms with Crippen LogP contribution < -0.4 is 14.9 Å². The van der Waals surface area contributed by atoms with Gasteiger partial charge in [0.25, 0.3) is 15.9 Å². The zero-order valence-corrected chi connectivity index (χ0v) is 17.2. The van der Waals surface area contributed by atoms with Gasteiger partial charge < -0.3 is 5.32 Å². The first-order valence-corrected chi connectivity index (χ1v) is 11.2. The lowest BCUT2D eigenvalue weighted by Gasteiger charge is -2.13. The zero-order chi connectivity index (χ0) is 20.3. The molecule has 0 saturated heterocycles. The van der Waals surface area contributed by atoms with Gasteiger partial charge in [0.1, 0.15) is 0 Å². The summed E-state index contributed by atoms with van der Waals surface area (Å²) in [6, 6.07) is 11.0. The van der Waals surface area contributed by atoms with Crippen molar-refractivity contribution < 1.29 is 13.2 Å². The van der Waals surface area contributed by atoms with Gasteiger partial charge >= 0.3 is 4.87 Å². The second-order valence-electron chi connectivity index (χ2n) is 6.15. The van der Waals surface area contributed by atoms with Crippen molar-refractivity contribution in [1.82, 2.24) is 9.88 Å². The monoisotopic (exact) mass is 419 g/mol. The van der Waals surface area contributed by atoms with Crippen molar-refractivity contribution in [2.75, 3.05) is 11.3 Å². The summed E-state index contributed by atoms with van der Waals surface area (Å²) in [6.45, 7) is 4.82. The van der Waals surface area contributed by atoms with E-state index in [1.54, 1.807) is 34.9 Å². The Labute approximate surface area is 167 Å². The molecule has 148 valence electrons. The van der Waals surface area contributed by atoms with Crippen LogP contribution in [0.1, 0.15) is 30.6 Å². The van der Waals surface area contributed by atoms with Gasteiger partial charge in [-0.25, -0.2) is 8.42 Å². The van der Waals surface area contributed by atoms with Crippen molar-refractivity contribution in [3.05, 3.63) is 57.7 Å². The highest BCUT2D eigenvalue weighted by atomic mass is 32.2. The summed E-state index contributed by atoms with van der Waals surface area (Å²) in [7, 11) is -3.93. The fourth-order valence-corrected chi connectivity index (χ4v) is 5.00. The number of anilines is 1. The molecule has 1 aromatic heterocycles. The first kappa shape index (κ1) is 20.1. The number of aromatic nitrogens is 1. The van der Waals surface area contributed by atoms with Gasteiger partial charge in [-0.2, -0.15) is 0 Å². The first-order chi connectivity index (χ1) is 13.4. The number of amides is 1. The number of rotatable bonds is 7. The van der Waals surface area contributed by atoms with Gasteiger partial charge in [0.2, 0.25) is 0 Å². The Bertz CT molecular complexity index is 1180. The highest BCUT2D eigenvalue weighted by Gasteiger charge is 2.20. The minimum Gasteiger partial charge on any atom is -0.352 e. The van der Waals surface area contributed by atoms with Crippen LogP contribution in [0.3, 0.4) is 0 Å². The van der Waals surface area contributed by atoms with Crippen LogP contribution in [0.5, 0.6) is 0 Å². The molecule has 7 nitrogen and oxygen atoms in total. The third kappa shape index (κ3) is 3.95. The van der Waals surface area contributed by atoms with E-state index in [0.29, 0.717) is 23.3 Å². The normalized spacial score (nSPS) is 11.5. The molecule has 0 aliphatic carbocycles. The van der Waals surface area contributed by atoms with Gasteiger partial charge in [0.05, 0.1) is 26.4 Å². The molecule has 1 heterocycles. The second kappa shape index (κ2) is 8.15. The number of nitrogens with one attached hydrogen (secondary N) is 2. The number of para-hydroxylation sites is 1. The molecule has 0 fully saturated rings. The number of hydrogen-bond donors (Lipinski definition) is 2. The fourth-order valence-electron chi connectivity index (χ4n) is 2.82. The van der Waals surface area contributed by atoms with Gasteiger partial charge in [-0.1, -0.05) is 30.4 Å². The number of aryl methyl sites for hydroxylation is 1. The summed E-state index contributed by atoms with van der Waals surface area (Å²) in [6.07, 6.45) is 0.778. The molecule has 0 aliphatic rings. The zero-order valence-electron chi connectivity index (χ0n) is 15.6. The SMILES string of the molecule is CCCNC(=O)c1ccccc1NS(=O)(=O)c1ccc2c(c1)sc(=O)n2CC. The lowest BCUT2D eigenvalue weighted by atomic mass is 10.1. The molecule has 2 N–H and O–H groups in total. The van der Waals surface area contributed by atoms with Gasteiger partial charge in [-0.05, 0) is 43.7 Å². The predicted octanol–water partition coefficient (Wildman–Crippen LogP) is 3.02. The average Bonchev–Trinajstić information content (AvgIpc) is 3.00. The molecule has 0 bridgehead atoms. The highest BCUT2D eigenvalue weighted by Crippen LogP contribution is 2.25. The van der Waals surface area contributed by atoms with Crippen LogP contribution in [0.25, 0.3) is 10.2 Å². The number of hydrogen-bond acceptors (Lipinski definition) is 5. The Balaban J connectivity index is 1.96. The van der Waals surface area contributed by atoms with E-state index in [9.17, 15) is 18.0 Å². The largest absolute Gasteiger partial charge is 0.352 e. The quantitative estimate of drug-likeness (QED) is 0.615. The third-order valence-electron chi connectivity index (χ3n) is 4.22. The minimum atomic E-state index is -3.93. The first-order valence-electron chi connectivity index (χ1n) is 8.90. The molecule has 0 saturated carbocycles. The smallest absolute Gasteiger partial charge is 0.308 e. The number of sulfonamides is 1. The molecular formula is C19H21N3O4S2. The van der Waals surface area contributed by atoms with E-state index in [0.717, 1.165) is 17.8 Å². The molecule has 28 heavy (non-hydrogen) atoms. The predicted molar refractivity (Wildman–Crippen MR) is 112 cm³/mol. The van der Waals surface area contributed by atoms with Crippen LogP contribution in [0.15, 0.2) is 52.2 Å². The summed E-state index contributed by atoms with van der Waals surface area (Å²) in [5, 5.41) is 2.74. The number of thiazole rings is 1. The average molecular weight is 420 g/mol. The Morgan fingerprint density at radius 2 is 1.89 bits per heavy atom. The number of fused-ring (bicyclic) bond motifs is 1. The number of carbonyl (C=O) groups excluding carboxylic acids is 1. The maximum absolute atomic E-state index is 12.9. The molecule has 0 radical (unpaired) electrons. The molecule has 9 heteroatoms. The van der Waals surface area contributed by atoms with E-state index in [2.05, 4.69) is 10.0 Å². The van der Waals surface area contributed by atoms with Gasteiger partial charge in [0, 0.05) is 13.1 Å². The van der Waals surface area contributed by atoms with Gasteiger partial charge in [-0.15, -0.1) is 0 Å². The molecule has 0 unspecified atom stereocenters. The van der Waals surface area contributed by atoms with Crippen molar-refractivity contribution in [3.8, 4) is 0 Å². The van der Waals surface area contributed by atoms with Crippen LogP contribution in [0, 0.1) is 0 Å².